The maximum absolute atomic E-state index is 13.5. The maximum atomic E-state index is 13.5. The monoisotopic (exact) mass is 548 g/mol. The van der Waals surface area contributed by atoms with Gasteiger partial charge < -0.3 is 15.6 Å². The highest BCUT2D eigenvalue weighted by molar-refractivity contribution is 5.97. The van der Waals surface area contributed by atoms with Crippen LogP contribution < -0.4 is 10.6 Å². The molecule has 0 radical (unpaired) electrons. The predicted octanol–water partition coefficient (Wildman–Crippen LogP) is 7.08. The van der Waals surface area contributed by atoms with Crippen molar-refractivity contribution in [1.82, 2.24) is 15.3 Å². The Morgan fingerprint density at radius 1 is 0.732 bits per heavy atom. The highest BCUT2D eigenvalue weighted by atomic mass is 16.2. The molecule has 6 nitrogen and oxygen atoms in total. The number of aromatic nitrogens is 2. The van der Waals surface area contributed by atoms with Gasteiger partial charge in [0.2, 0.25) is 5.91 Å². The van der Waals surface area contributed by atoms with Crippen molar-refractivity contribution in [3.63, 3.8) is 0 Å². The van der Waals surface area contributed by atoms with E-state index >= 15 is 0 Å². The number of fused-ring (bicyclic) bond motifs is 1. The molecule has 8 aliphatic rings. The van der Waals surface area contributed by atoms with E-state index in [0.29, 0.717) is 0 Å². The summed E-state index contributed by atoms with van der Waals surface area (Å²) >= 11 is 0. The van der Waals surface area contributed by atoms with Crippen LogP contribution in [0.4, 0.5) is 5.69 Å². The molecule has 41 heavy (non-hydrogen) atoms. The number of benzene rings is 2. The van der Waals surface area contributed by atoms with E-state index in [9.17, 15) is 9.59 Å². The number of aromatic amines is 1. The number of H-pyrrole nitrogens is 1. The number of anilines is 1. The largest absolute Gasteiger partial charge is 0.347 e. The van der Waals surface area contributed by atoms with E-state index in [-0.39, 0.29) is 22.8 Å². The molecule has 0 unspecified atom stereocenters. The summed E-state index contributed by atoms with van der Waals surface area (Å²) in [5, 5.41) is 6.76. The molecule has 6 heteroatoms. The maximum Gasteiger partial charge on any atom is 0.251 e. The summed E-state index contributed by atoms with van der Waals surface area (Å²) in [6.45, 7) is 0. The Morgan fingerprint density at radius 3 is 1.88 bits per heavy atom. The van der Waals surface area contributed by atoms with E-state index in [1.807, 2.05) is 42.5 Å². The normalized spacial score (nSPS) is 38.0. The first-order chi connectivity index (χ1) is 19.9. The number of nitrogens with one attached hydrogen (secondary N) is 3. The Bertz CT molecular complexity index is 1480. The van der Waals surface area contributed by atoms with Crippen LogP contribution in [0, 0.1) is 40.9 Å². The molecule has 3 aromatic rings. The molecular weight excluding hydrogens is 508 g/mol. The molecule has 11 rings (SSSR count). The molecule has 3 N–H and O–H groups in total. The van der Waals surface area contributed by atoms with Crippen LogP contribution in [0.15, 0.2) is 42.5 Å². The van der Waals surface area contributed by atoms with Crippen molar-refractivity contribution in [3.8, 4) is 11.4 Å². The highest BCUT2D eigenvalue weighted by Crippen LogP contribution is 2.60. The summed E-state index contributed by atoms with van der Waals surface area (Å²) in [7, 11) is 0. The Hall–Kier alpha value is -3.15. The van der Waals surface area contributed by atoms with Crippen molar-refractivity contribution in [2.75, 3.05) is 5.32 Å². The van der Waals surface area contributed by atoms with Crippen LogP contribution in [0.2, 0.25) is 0 Å². The minimum Gasteiger partial charge on any atom is -0.347 e. The highest BCUT2D eigenvalue weighted by Gasteiger charge is 2.55. The molecule has 2 amide bonds. The molecule has 8 fully saturated rings. The predicted molar refractivity (Wildman–Crippen MR) is 159 cm³/mol. The van der Waals surface area contributed by atoms with Gasteiger partial charge in [0.05, 0.1) is 16.4 Å². The van der Waals surface area contributed by atoms with Gasteiger partial charge in [-0.05, 0) is 143 Å². The number of rotatable bonds is 5. The van der Waals surface area contributed by atoms with E-state index in [1.54, 1.807) is 0 Å². The molecule has 1 heterocycles. The molecule has 8 aliphatic carbocycles. The fourth-order valence-electron chi connectivity index (χ4n) is 11.2. The lowest BCUT2D eigenvalue weighted by Crippen LogP contribution is -2.59. The van der Waals surface area contributed by atoms with Gasteiger partial charge in [0.1, 0.15) is 5.82 Å². The molecular formula is C35H40N4O2. The molecule has 0 saturated heterocycles. The van der Waals surface area contributed by atoms with Crippen molar-refractivity contribution in [3.05, 3.63) is 48.0 Å². The zero-order chi connectivity index (χ0) is 27.3. The summed E-state index contributed by atoms with van der Waals surface area (Å²) in [5.74, 6) is 5.72. The fourth-order valence-corrected chi connectivity index (χ4v) is 11.2. The van der Waals surface area contributed by atoms with Gasteiger partial charge in [-0.2, -0.15) is 0 Å². The van der Waals surface area contributed by atoms with Gasteiger partial charge in [0, 0.05) is 22.4 Å². The van der Waals surface area contributed by atoms with E-state index in [1.165, 1.54) is 38.5 Å². The molecule has 8 bridgehead atoms. The summed E-state index contributed by atoms with van der Waals surface area (Å²) in [6.07, 6.45) is 14.8. The Balaban J connectivity index is 0.900. The zero-order valence-corrected chi connectivity index (χ0v) is 23.8. The first kappa shape index (κ1) is 24.4. The van der Waals surface area contributed by atoms with Gasteiger partial charge in [-0.25, -0.2) is 4.98 Å². The summed E-state index contributed by atoms with van der Waals surface area (Å²) in [6, 6.07) is 13.8. The lowest BCUT2D eigenvalue weighted by molar-refractivity contribution is -0.140. The topological polar surface area (TPSA) is 86.9 Å². The number of nitrogens with zero attached hydrogens (tertiary/aromatic N) is 1. The molecule has 1 aromatic heterocycles. The van der Waals surface area contributed by atoms with Gasteiger partial charge in [0.25, 0.3) is 5.91 Å². The van der Waals surface area contributed by atoms with Gasteiger partial charge >= 0.3 is 0 Å². The standard InChI is InChI=1S/C35H40N4O2/c40-32(39-35-17-23-10-24(18-35)12-25(11-23)19-35)27-3-1-26(2-4-27)31-37-29-6-5-28(13-30(29)38-31)36-33(41)34-14-20-7-21(15-34)9-22(8-20)16-34/h1-6,13,20-25H,7-12,14-19H2,(H,36,41)(H,37,38)(H,39,40). The fraction of sp³-hybridized carbons (Fsp3) is 0.571. The minimum atomic E-state index is -0.163. The van der Waals surface area contributed by atoms with Crippen LogP contribution >= 0.6 is 0 Å². The van der Waals surface area contributed by atoms with Gasteiger partial charge in [-0.3, -0.25) is 9.59 Å². The second-order valence-corrected chi connectivity index (χ2v) is 15.2. The average molecular weight is 549 g/mol. The molecule has 2 aromatic carbocycles. The lowest BCUT2D eigenvalue weighted by Gasteiger charge is -2.56. The first-order valence-corrected chi connectivity index (χ1v) is 16.1. The summed E-state index contributed by atoms with van der Waals surface area (Å²) in [4.78, 5) is 35.1. The van der Waals surface area contributed by atoms with Crippen LogP contribution in [0.5, 0.6) is 0 Å². The number of hydrogen-bond acceptors (Lipinski definition) is 3. The Kier molecular flexibility index (Phi) is 5.18. The number of amides is 2. The van der Waals surface area contributed by atoms with Crippen LogP contribution in [-0.2, 0) is 4.79 Å². The second kappa shape index (κ2) is 8.68. The molecule has 0 atom stereocenters. The van der Waals surface area contributed by atoms with Crippen LogP contribution in [0.3, 0.4) is 0 Å². The van der Waals surface area contributed by atoms with Crippen molar-refractivity contribution in [2.24, 2.45) is 40.9 Å². The first-order valence-electron chi connectivity index (χ1n) is 16.1. The third-order valence-electron chi connectivity index (χ3n) is 12.1. The smallest absolute Gasteiger partial charge is 0.251 e. The molecule has 0 aliphatic heterocycles. The van der Waals surface area contributed by atoms with Crippen molar-refractivity contribution in [2.45, 2.75) is 82.6 Å². The summed E-state index contributed by atoms with van der Waals surface area (Å²) in [5.41, 5.74) is 4.13. The SMILES string of the molecule is O=C(NC12CC3CC(CC(C3)C1)C2)c1ccc(-c2nc3cc(NC(=O)C45CC6CC(CC(C6)C4)C5)ccc3[nH]2)cc1. The van der Waals surface area contributed by atoms with E-state index < -0.39 is 0 Å². The number of carbonyl (C=O) groups excluding carboxylic acids is 2. The van der Waals surface area contributed by atoms with Crippen molar-refractivity contribution in [1.29, 1.82) is 0 Å². The molecule has 212 valence electrons. The molecule has 8 saturated carbocycles. The second-order valence-electron chi connectivity index (χ2n) is 15.2. The van der Waals surface area contributed by atoms with Gasteiger partial charge in [0.15, 0.2) is 0 Å². The van der Waals surface area contributed by atoms with Crippen LogP contribution in [0.25, 0.3) is 22.4 Å². The van der Waals surface area contributed by atoms with E-state index in [4.69, 9.17) is 4.98 Å². The van der Waals surface area contributed by atoms with Gasteiger partial charge in [-0.15, -0.1) is 0 Å². The van der Waals surface area contributed by atoms with E-state index in [2.05, 4.69) is 15.6 Å². The summed E-state index contributed by atoms with van der Waals surface area (Å²) < 4.78 is 0. The number of carbonyl (C=O) groups is 2. The van der Waals surface area contributed by atoms with Crippen molar-refractivity contribution < 1.29 is 9.59 Å². The number of hydrogen-bond donors (Lipinski definition) is 3. The Morgan fingerprint density at radius 2 is 1.29 bits per heavy atom. The quantitative estimate of drug-likeness (QED) is 0.318. The average Bonchev–Trinajstić information content (AvgIpc) is 3.35. The van der Waals surface area contributed by atoms with Gasteiger partial charge in [-0.1, -0.05) is 12.1 Å². The van der Waals surface area contributed by atoms with E-state index in [0.717, 1.165) is 108 Å². The molecule has 0 spiro atoms. The van der Waals surface area contributed by atoms with Crippen molar-refractivity contribution >= 4 is 28.5 Å². The van der Waals surface area contributed by atoms with Crippen LogP contribution in [0.1, 0.15) is 87.4 Å². The third kappa shape index (κ3) is 4.07. The Labute approximate surface area is 241 Å². The number of imidazole rings is 1. The lowest BCUT2D eigenvalue weighted by atomic mass is 9.49. The third-order valence-corrected chi connectivity index (χ3v) is 12.1. The van der Waals surface area contributed by atoms with Crippen LogP contribution in [-0.4, -0.2) is 27.3 Å². The minimum absolute atomic E-state index is 0.0199. The zero-order valence-electron chi connectivity index (χ0n) is 23.8.